The van der Waals surface area contributed by atoms with E-state index in [1.807, 2.05) is 0 Å². The molecule has 0 radical (unpaired) electrons. The van der Waals surface area contributed by atoms with Gasteiger partial charge in [0.05, 0.1) is 22.9 Å². The Bertz CT molecular complexity index is 766. The van der Waals surface area contributed by atoms with E-state index in [2.05, 4.69) is 20.6 Å². The van der Waals surface area contributed by atoms with Crippen LogP contribution in [0.3, 0.4) is 0 Å². The molecule has 5 nitrogen and oxygen atoms in total. The van der Waals surface area contributed by atoms with Crippen LogP contribution in [0.5, 0.6) is 0 Å². The van der Waals surface area contributed by atoms with Gasteiger partial charge in [0.2, 0.25) is 5.95 Å². The number of hydrogen-bond donors (Lipinski definition) is 3. The number of aliphatic hydroxyl groups excluding tert-OH is 1. The highest BCUT2D eigenvalue weighted by molar-refractivity contribution is 6.31. The Labute approximate surface area is 147 Å². The summed E-state index contributed by atoms with van der Waals surface area (Å²) in [5, 5.41) is 14.3. The summed E-state index contributed by atoms with van der Waals surface area (Å²) in [6.45, 7) is 0.207. The zero-order chi connectivity index (χ0) is 18.0. The van der Waals surface area contributed by atoms with Gasteiger partial charge in [-0.2, -0.15) is 18.2 Å². The standard InChI is InChI=1S/C16H16ClF3N4O/c17-12-4-3-10(7-11(12)16(18,19)20)22-14-8-13(9-1-2-9)23-15(24-14)21-5-6-25/h3-4,7-9,25H,1-2,5-6H2,(H2,21,22,23,24). The Balaban J connectivity index is 1.88. The quantitative estimate of drug-likeness (QED) is 0.709. The molecule has 25 heavy (non-hydrogen) atoms. The molecule has 0 spiro atoms. The molecule has 1 aromatic heterocycles. The number of alkyl halides is 3. The molecular formula is C16H16ClF3N4O. The van der Waals surface area contributed by atoms with Crippen LogP contribution in [0.4, 0.5) is 30.6 Å². The summed E-state index contributed by atoms with van der Waals surface area (Å²) in [6.07, 6.45) is -2.49. The van der Waals surface area contributed by atoms with Crippen LogP contribution in [-0.2, 0) is 6.18 Å². The highest BCUT2D eigenvalue weighted by Crippen LogP contribution is 2.40. The van der Waals surface area contributed by atoms with Crippen molar-refractivity contribution in [2.24, 2.45) is 0 Å². The summed E-state index contributed by atoms with van der Waals surface area (Å²) in [5.41, 5.74) is 0.141. The number of benzene rings is 1. The molecule has 0 amide bonds. The van der Waals surface area contributed by atoms with Crippen LogP contribution in [0.2, 0.25) is 5.02 Å². The van der Waals surface area contributed by atoms with Crippen LogP contribution in [0.1, 0.15) is 30.0 Å². The number of aromatic nitrogens is 2. The molecule has 1 aromatic carbocycles. The lowest BCUT2D eigenvalue weighted by Gasteiger charge is -2.13. The zero-order valence-electron chi connectivity index (χ0n) is 13.1. The van der Waals surface area contributed by atoms with Gasteiger partial charge in [-0.05, 0) is 31.0 Å². The molecule has 1 aliphatic carbocycles. The maximum atomic E-state index is 13.0. The van der Waals surface area contributed by atoms with E-state index in [0.717, 1.165) is 24.6 Å². The molecular weight excluding hydrogens is 357 g/mol. The second kappa shape index (κ2) is 7.05. The number of aliphatic hydroxyl groups is 1. The van der Waals surface area contributed by atoms with Crippen LogP contribution in [0.25, 0.3) is 0 Å². The molecule has 134 valence electrons. The minimum absolute atomic E-state index is 0.0775. The van der Waals surface area contributed by atoms with Gasteiger partial charge in [0.15, 0.2) is 0 Å². The molecule has 0 atom stereocenters. The molecule has 9 heteroatoms. The Hall–Kier alpha value is -2.06. The van der Waals surface area contributed by atoms with E-state index in [1.165, 1.54) is 12.1 Å². The lowest BCUT2D eigenvalue weighted by atomic mass is 10.2. The smallest absolute Gasteiger partial charge is 0.395 e. The Morgan fingerprint density at radius 2 is 1.96 bits per heavy atom. The highest BCUT2D eigenvalue weighted by Gasteiger charge is 2.33. The Kier molecular flexibility index (Phi) is 5.01. The van der Waals surface area contributed by atoms with Crippen molar-refractivity contribution in [2.45, 2.75) is 24.9 Å². The number of anilines is 3. The zero-order valence-corrected chi connectivity index (χ0v) is 13.8. The second-order valence-corrected chi connectivity index (χ2v) is 6.15. The van der Waals surface area contributed by atoms with Gasteiger partial charge in [0, 0.05) is 24.2 Å². The van der Waals surface area contributed by atoms with Crippen molar-refractivity contribution in [1.82, 2.24) is 9.97 Å². The monoisotopic (exact) mass is 372 g/mol. The summed E-state index contributed by atoms with van der Waals surface area (Å²) in [7, 11) is 0. The molecule has 0 unspecified atom stereocenters. The third kappa shape index (κ3) is 4.52. The van der Waals surface area contributed by atoms with E-state index in [1.54, 1.807) is 6.07 Å². The normalized spacial score (nSPS) is 14.4. The largest absolute Gasteiger partial charge is 0.417 e. The van der Waals surface area contributed by atoms with E-state index < -0.39 is 11.7 Å². The molecule has 3 N–H and O–H groups in total. The minimum Gasteiger partial charge on any atom is -0.395 e. The average Bonchev–Trinajstić information content (AvgIpc) is 3.38. The van der Waals surface area contributed by atoms with Gasteiger partial charge < -0.3 is 15.7 Å². The first-order valence-corrected chi connectivity index (χ1v) is 8.12. The molecule has 0 bridgehead atoms. The highest BCUT2D eigenvalue weighted by atomic mass is 35.5. The van der Waals surface area contributed by atoms with Crippen LogP contribution < -0.4 is 10.6 Å². The van der Waals surface area contributed by atoms with Gasteiger partial charge >= 0.3 is 6.18 Å². The fourth-order valence-corrected chi connectivity index (χ4v) is 2.56. The third-order valence-electron chi connectivity index (χ3n) is 3.68. The Morgan fingerprint density at radius 1 is 1.20 bits per heavy atom. The molecule has 0 aliphatic heterocycles. The van der Waals surface area contributed by atoms with E-state index in [0.29, 0.717) is 17.7 Å². The van der Waals surface area contributed by atoms with Crippen LogP contribution in [0, 0.1) is 0 Å². The number of rotatable bonds is 6. The third-order valence-corrected chi connectivity index (χ3v) is 4.01. The SMILES string of the molecule is OCCNc1nc(Nc2ccc(Cl)c(C(F)(F)F)c2)cc(C2CC2)n1. The van der Waals surface area contributed by atoms with Crippen molar-refractivity contribution in [3.8, 4) is 0 Å². The van der Waals surface area contributed by atoms with Gasteiger partial charge in [0.25, 0.3) is 0 Å². The van der Waals surface area contributed by atoms with Crippen molar-refractivity contribution >= 4 is 29.1 Å². The molecule has 1 fully saturated rings. The lowest BCUT2D eigenvalue weighted by Crippen LogP contribution is -2.11. The summed E-state index contributed by atoms with van der Waals surface area (Å²) in [5.74, 6) is 1.05. The predicted octanol–water partition coefficient (Wildman–Crippen LogP) is 4.17. The van der Waals surface area contributed by atoms with E-state index in [4.69, 9.17) is 16.7 Å². The van der Waals surface area contributed by atoms with E-state index in [9.17, 15) is 13.2 Å². The first-order chi connectivity index (χ1) is 11.9. The summed E-state index contributed by atoms with van der Waals surface area (Å²) in [4.78, 5) is 8.60. The minimum atomic E-state index is -4.53. The van der Waals surface area contributed by atoms with Gasteiger partial charge in [-0.15, -0.1) is 0 Å². The first-order valence-electron chi connectivity index (χ1n) is 7.74. The molecule has 1 aliphatic rings. The topological polar surface area (TPSA) is 70.1 Å². The maximum absolute atomic E-state index is 13.0. The van der Waals surface area contributed by atoms with Crippen LogP contribution in [0.15, 0.2) is 24.3 Å². The van der Waals surface area contributed by atoms with Gasteiger partial charge in [-0.3, -0.25) is 0 Å². The number of halogens is 4. The fourth-order valence-electron chi connectivity index (χ4n) is 2.33. The van der Waals surface area contributed by atoms with Crippen molar-refractivity contribution in [2.75, 3.05) is 23.8 Å². The predicted molar refractivity (Wildman–Crippen MR) is 89.3 cm³/mol. The lowest BCUT2D eigenvalue weighted by molar-refractivity contribution is -0.137. The van der Waals surface area contributed by atoms with E-state index in [-0.39, 0.29) is 23.9 Å². The summed E-state index contributed by atoms with van der Waals surface area (Å²) in [6, 6.07) is 5.32. The summed E-state index contributed by atoms with van der Waals surface area (Å²) < 4.78 is 38.9. The van der Waals surface area contributed by atoms with Gasteiger partial charge in [0.1, 0.15) is 5.82 Å². The van der Waals surface area contributed by atoms with Gasteiger partial charge in [-0.1, -0.05) is 11.6 Å². The summed E-state index contributed by atoms with van der Waals surface area (Å²) >= 11 is 5.63. The molecule has 1 heterocycles. The molecule has 0 saturated heterocycles. The average molecular weight is 373 g/mol. The molecule has 1 saturated carbocycles. The van der Waals surface area contributed by atoms with Gasteiger partial charge in [-0.25, -0.2) is 4.98 Å². The van der Waals surface area contributed by atoms with Crippen molar-refractivity contribution in [3.05, 3.63) is 40.5 Å². The molecule has 2 aromatic rings. The molecule has 3 rings (SSSR count). The van der Waals surface area contributed by atoms with Crippen molar-refractivity contribution < 1.29 is 18.3 Å². The van der Waals surface area contributed by atoms with Crippen molar-refractivity contribution in [1.29, 1.82) is 0 Å². The first kappa shape index (κ1) is 17.8. The second-order valence-electron chi connectivity index (χ2n) is 5.74. The Morgan fingerprint density at radius 3 is 2.60 bits per heavy atom. The maximum Gasteiger partial charge on any atom is 0.417 e. The number of hydrogen-bond acceptors (Lipinski definition) is 5. The van der Waals surface area contributed by atoms with Crippen molar-refractivity contribution in [3.63, 3.8) is 0 Å². The fraction of sp³-hybridized carbons (Fsp3) is 0.375. The number of nitrogens with one attached hydrogen (secondary N) is 2. The number of nitrogens with zero attached hydrogens (tertiary/aromatic N) is 2. The van der Waals surface area contributed by atoms with E-state index >= 15 is 0 Å². The van der Waals surface area contributed by atoms with Crippen LogP contribution in [-0.4, -0.2) is 28.2 Å². The van der Waals surface area contributed by atoms with Crippen LogP contribution >= 0.6 is 11.6 Å².